The third kappa shape index (κ3) is 3.15. The highest BCUT2D eigenvalue weighted by Gasteiger charge is 2.24. The lowest BCUT2D eigenvalue weighted by atomic mass is 10.2. The Bertz CT molecular complexity index is 791. The lowest BCUT2D eigenvalue weighted by Gasteiger charge is -2.23. The van der Waals surface area contributed by atoms with E-state index < -0.39 is 6.10 Å². The van der Waals surface area contributed by atoms with Crippen molar-refractivity contribution < 1.29 is 19.1 Å². The molecule has 2 amide bonds. The van der Waals surface area contributed by atoms with Crippen LogP contribution in [0, 0.1) is 0 Å². The smallest absolute Gasteiger partial charge is 0.265 e. The summed E-state index contributed by atoms with van der Waals surface area (Å²) in [7, 11) is 0. The molecular formula is C17H17N3O4. The number of pyridine rings is 1. The van der Waals surface area contributed by atoms with Crippen molar-refractivity contribution in [1.82, 2.24) is 4.98 Å². The van der Waals surface area contributed by atoms with Crippen molar-refractivity contribution in [3.05, 3.63) is 42.1 Å². The summed E-state index contributed by atoms with van der Waals surface area (Å²) in [4.78, 5) is 28.2. The topological polar surface area (TPSA) is 89.5 Å². The average Bonchev–Trinajstić information content (AvgIpc) is 2.57. The number of aromatic nitrogens is 1. The Hall–Kier alpha value is -3.09. The molecule has 2 aromatic rings. The fraction of sp³-hybridized carbons (Fsp3) is 0.235. The summed E-state index contributed by atoms with van der Waals surface area (Å²) in [6.07, 6.45) is 1.02. The zero-order chi connectivity index (χ0) is 17.1. The van der Waals surface area contributed by atoms with Gasteiger partial charge in [-0.2, -0.15) is 0 Å². The van der Waals surface area contributed by atoms with Crippen LogP contribution in [0.5, 0.6) is 11.6 Å². The number of hydrogen-bond donors (Lipinski definition) is 2. The third-order valence-electron chi connectivity index (χ3n) is 3.47. The first kappa shape index (κ1) is 15.8. The van der Waals surface area contributed by atoms with Crippen molar-refractivity contribution in [3.63, 3.8) is 0 Å². The van der Waals surface area contributed by atoms with Crippen molar-refractivity contribution in [2.24, 2.45) is 0 Å². The molecule has 1 aliphatic rings. The van der Waals surface area contributed by atoms with Crippen LogP contribution in [0.4, 0.5) is 11.4 Å². The molecule has 7 heteroatoms. The molecular weight excluding hydrogens is 310 g/mol. The third-order valence-corrected chi connectivity index (χ3v) is 3.47. The molecule has 0 bridgehead atoms. The van der Waals surface area contributed by atoms with Gasteiger partial charge in [0, 0.05) is 11.9 Å². The first-order valence-corrected chi connectivity index (χ1v) is 7.59. The minimum Gasteiger partial charge on any atom is -0.479 e. The molecule has 0 spiro atoms. The molecule has 1 atom stereocenters. The van der Waals surface area contributed by atoms with E-state index in [-0.39, 0.29) is 17.7 Å². The second-order valence-corrected chi connectivity index (χ2v) is 5.20. The number of benzene rings is 1. The van der Waals surface area contributed by atoms with Crippen LogP contribution in [0.15, 0.2) is 36.5 Å². The Morgan fingerprint density at radius 3 is 3.04 bits per heavy atom. The van der Waals surface area contributed by atoms with E-state index in [0.717, 1.165) is 0 Å². The summed E-state index contributed by atoms with van der Waals surface area (Å²) in [5.41, 5.74) is 1.39. The van der Waals surface area contributed by atoms with Gasteiger partial charge in [-0.05, 0) is 44.2 Å². The van der Waals surface area contributed by atoms with Gasteiger partial charge in [0.1, 0.15) is 11.3 Å². The van der Waals surface area contributed by atoms with Gasteiger partial charge in [0.15, 0.2) is 6.10 Å². The first-order chi connectivity index (χ1) is 11.6. The van der Waals surface area contributed by atoms with Crippen LogP contribution in [0.3, 0.4) is 0 Å². The van der Waals surface area contributed by atoms with E-state index in [4.69, 9.17) is 9.47 Å². The van der Waals surface area contributed by atoms with Crippen LogP contribution in [-0.2, 0) is 4.79 Å². The Kier molecular flexibility index (Phi) is 4.33. The second kappa shape index (κ2) is 6.57. The van der Waals surface area contributed by atoms with E-state index in [1.165, 1.54) is 0 Å². The van der Waals surface area contributed by atoms with E-state index in [1.807, 2.05) is 6.92 Å². The van der Waals surface area contributed by atoms with Crippen molar-refractivity contribution >= 4 is 23.2 Å². The summed E-state index contributed by atoms with van der Waals surface area (Å²) >= 11 is 0. The predicted octanol–water partition coefficient (Wildman–Crippen LogP) is 2.45. The quantitative estimate of drug-likeness (QED) is 0.900. The predicted molar refractivity (Wildman–Crippen MR) is 88.5 cm³/mol. The van der Waals surface area contributed by atoms with Crippen LogP contribution in [-0.4, -0.2) is 29.5 Å². The average molecular weight is 327 g/mol. The van der Waals surface area contributed by atoms with Gasteiger partial charge in [0.05, 0.1) is 12.3 Å². The molecule has 24 heavy (non-hydrogen) atoms. The number of nitrogens with zero attached hydrogens (tertiary/aromatic N) is 1. The van der Waals surface area contributed by atoms with Gasteiger partial charge in [-0.1, -0.05) is 0 Å². The van der Waals surface area contributed by atoms with Gasteiger partial charge in [0.25, 0.3) is 11.8 Å². The fourth-order valence-electron chi connectivity index (χ4n) is 2.30. The number of fused-ring (bicyclic) bond motifs is 1. The van der Waals surface area contributed by atoms with Gasteiger partial charge in [-0.3, -0.25) is 9.59 Å². The van der Waals surface area contributed by atoms with E-state index in [2.05, 4.69) is 15.6 Å². The van der Waals surface area contributed by atoms with E-state index in [0.29, 0.717) is 29.3 Å². The number of carbonyl (C=O) groups excluding carboxylic acids is 2. The van der Waals surface area contributed by atoms with Crippen molar-refractivity contribution in [2.75, 3.05) is 17.2 Å². The van der Waals surface area contributed by atoms with Gasteiger partial charge in [0.2, 0.25) is 5.88 Å². The molecule has 124 valence electrons. The molecule has 0 aliphatic carbocycles. The fourth-order valence-corrected chi connectivity index (χ4v) is 2.30. The normalized spacial score (nSPS) is 15.8. The van der Waals surface area contributed by atoms with Crippen molar-refractivity contribution in [1.29, 1.82) is 0 Å². The van der Waals surface area contributed by atoms with E-state index in [9.17, 15) is 9.59 Å². The summed E-state index contributed by atoms with van der Waals surface area (Å²) in [5.74, 6) is 0.275. The van der Waals surface area contributed by atoms with Crippen LogP contribution >= 0.6 is 0 Å². The van der Waals surface area contributed by atoms with Crippen LogP contribution in [0.2, 0.25) is 0 Å². The summed E-state index contributed by atoms with van der Waals surface area (Å²) in [6.45, 7) is 3.91. The summed E-state index contributed by atoms with van der Waals surface area (Å²) < 4.78 is 10.8. The monoisotopic (exact) mass is 327 g/mol. The molecule has 0 fully saturated rings. The maximum absolute atomic E-state index is 12.4. The Labute approximate surface area is 139 Å². The second-order valence-electron chi connectivity index (χ2n) is 5.20. The molecule has 7 nitrogen and oxygen atoms in total. The number of carbonyl (C=O) groups is 2. The number of rotatable bonds is 4. The molecule has 0 radical (unpaired) electrons. The number of nitrogens with one attached hydrogen (secondary N) is 2. The standard InChI is InChI=1S/C17H17N3O4/c1-3-23-17-12(5-4-8-18-17)16(22)19-11-6-7-14-13(9-11)20-15(21)10(2)24-14/h4-10H,3H2,1-2H3,(H,19,22)(H,20,21). The molecule has 1 aromatic carbocycles. The van der Waals surface area contributed by atoms with E-state index in [1.54, 1.807) is 43.5 Å². The Balaban J connectivity index is 1.81. The molecule has 2 heterocycles. The molecule has 1 aliphatic heterocycles. The van der Waals surface area contributed by atoms with Crippen LogP contribution < -0.4 is 20.1 Å². The van der Waals surface area contributed by atoms with Crippen LogP contribution in [0.1, 0.15) is 24.2 Å². The largest absolute Gasteiger partial charge is 0.479 e. The zero-order valence-corrected chi connectivity index (χ0v) is 13.3. The van der Waals surface area contributed by atoms with Crippen molar-refractivity contribution in [3.8, 4) is 11.6 Å². The molecule has 1 unspecified atom stereocenters. The van der Waals surface area contributed by atoms with Gasteiger partial charge in [-0.15, -0.1) is 0 Å². The molecule has 3 rings (SSSR count). The maximum Gasteiger partial charge on any atom is 0.265 e. The van der Waals surface area contributed by atoms with Gasteiger partial charge >= 0.3 is 0 Å². The SMILES string of the molecule is CCOc1ncccc1C(=O)Nc1ccc2c(c1)NC(=O)C(C)O2. The lowest BCUT2D eigenvalue weighted by molar-refractivity contribution is -0.122. The highest BCUT2D eigenvalue weighted by Crippen LogP contribution is 2.32. The number of anilines is 2. The minimum absolute atomic E-state index is 0.225. The maximum atomic E-state index is 12.4. The minimum atomic E-state index is -0.540. The molecule has 1 aromatic heterocycles. The highest BCUT2D eigenvalue weighted by atomic mass is 16.5. The zero-order valence-electron chi connectivity index (χ0n) is 13.3. The highest BCUT2D eigenvalue weighted by molar-refractivity contribution is 6.06. The lowest BCUT2D eigenvalue weighted by Crippen LogP contribution is -2.34. The van der Waals surface area contributed by atoms with Gasteiger partial charge < -0.3 is 20.1 Å². The number of amides is 2. The summed E-state index contributed by atoms with van der Waals surface area (Å²) in [5, 5.41) is 5.51. The van der Waals surface area contributed by atoms with Crippen molar-refractivity contribution in [2.45, 2.75) is 20.0 Å². The molecule has 0 saturated carbocycles. The van der Waals surface area contributed by atoms with E-state index >= 15 is 0 Å². The Morgan fingerprint density at radius 2 is 2.25 bits per heavy atom. The Morgan fingerprint density at radius 1 is 1.42 bits per heavy atom. The molecule has 2 N–H and O–H groups in total. The van der Waals surface area contributed by atoms with Crippen LogP contribution in [0.25, 0.3) is 0 Å². The first-order valence-electron chi connectivity index (χ1n) is 7.59. The molecule has 0 saturated heterocycles. The number of ether oxygens (including phenoxy) is 2. The van der Waals surface area contributed by atoms with Gasteiger partial charge in [-0.25, -0.2) is 4.98 Å². The number of hydrogen-bond acceptors (Lipinski definition) is 5. The summed E-state index contributed by atoms with van der Waals surface area (Å²) in [6, 6.07) is 8.36.